The number of aliphatic hydroxyl groups excluding tert-OH is 1. The van der Waals surface area contributed by atoms with Gasteiger partial charge in [-0.2, -0.15) is 26.3 Å². The Hall–Kier alpha value is -4.83. The lowest BCUT2D eigenvalue weighted by atomic mass is 9.86. The first-order chi connectivity index (χ1) is 21.6. The van der Waals surface area contributed by atoms with Crippen molar-refractivity contribution in [3.63, 3.8) is 0 Å². The summed E-state index contributed by atoms with van der Waals surface area (Å²) < 4.78 is 75.1. The molecule has 1 atom stereocenters. The second-order valence-corrected chi connectivity index (χ2v) is 11.5. The zero-order valence-electron chi connectivity index (χ0n) is 25.1. The fourth-order valence-electron chi connectivity index (χ4n) is 4.40. The Morgan fingerprint density at radius 2 is 0.978 bits per heavy atom. The fourth-order valence-corrected chi connectivity index (χ4v) is 4.40. The quantitative estimate of drug-likeness (QED) is 0.154. The zero-order chi connectivity index (χ0) is 33.7. The molecule has 0 fully saturated rings. The molecule has 0 radical (unpaired) electrons. The topological polar surface area (TPSA) is 63.1 Å². The Labute approximate surface area is 262 Å². The van der Waals surface area contributed by atoms with Crippen molar-refractivity contribution in [1.29, 1.82) is 0 Å². The van der Waals surface area contributed by atoms with Gasteiger partial charge in [-0.25, -0.2) is 0 Å². The maximum Gasteiger partial charge on any atom is 0.416 e. The number of aldehydes is 1. The minimum Gasteiger partial charge on any atom is -0.384 e. The standard InChI is InChI=1S/C23H22F3NO.C13H8F3NO/c1-22(2,3)18-9-6-16(7-10-18)21(28)17-8-13-20(27-14-17)15-4-11-19(12-5-15)23(24,25)26;14-13(15,16)11-4-2-10(3-5-11)12-6-1-9(8-18)7-17-12/h4-14,21,28H,1-3H3;1-8H/t21-;/m0./s1. The first-order valence-corrected chi connectivity index (χ1v) is 14.1. The van der Waals surface area contributed by atoms with Gasteiger partial charge >= 0.3 is 12.4 Å². The van der Waals surface area contributed by atoms with Crippen LogP contribution in [0.3, 0.4) is 0 Å². The maximum atomic E-state index is 12.7. The highest BCUT2D eigenvalue weighted by molar-refractivity contribution is 5.75. The molecule has 2 aromatic heterocycles. The molecule has 0 saturated carbocycles. The minimum absolute atomic E-state index is 0.0361. The molecule has 0 saturated heterocycles. The largest absolute Gasteiger partial charge is 0.416 e. The van der Waals surface area contributed by atoms with Gasteiger partial charge in [-0.15, -0.1) is 0 Å². The molecule has 0 unspecified atom stereocenters. The lowest BCUT2D eigenvalue weighted by molar-refractivity contribution is -0.138. The number of hydrogen-bond acceptors (Lipinski definition) is 4. The Balaban J connectivity index is 0.000000230. The number of aliphatic hydroxyl groups is 1. The molecule has 5 rings (SSSR count). The molecule has 1 N–H and O–H groups in total. The zero-order valence-corrected chi connectivity index (χ0v) is 25.1. The van der Waals surface area contributed by atoms with Crippen LogP contribution in [0.1, 0.15) is 65.1 Å². The molecular formula is C36H30F6N2O2. The Bertz CT molecular complexity index is 1720. The first-order valence-electron chi connectivity index (χ1n) is 14.1. The van der Waals surface area contributed by atoms with E-state index in [4.69, 9.17) is 0 Å². The van der Waals surface area contributed by atoms with Crippen LogP contribution in [0.25, 0.3) is 22.5 Å². The van der Waals surface area contributed by atoms with Crippen LogP contribution in [0.2, 0.25) is 0 Å². The summed E-state index contributed by atoms with van der Waals surface area (Å²) in [6, 6.07) is 24.0. The molecule has 10 heteroatoms. The number of halogens is 6. The summed E-state index contributed by atoms with van der Waals surface area (Å²) in [6.07, 6.45) is -5.93. The van der Waals surface area contributed by atoms with Crippen LogP contribution in [-0.2, 0) is 17.8 Å². The van der Waals surface area contributed by atoms with Crippen LogP contribution < -0.4 is 0 Å². The third-order valence-electron chi connectivity index (χ3n) is 7.13. The van der Waals surface area contributed by atoms with E-state index in [1.165, 1.54) is 36.0 Å². The molecule has 0 spiro atoms. The predicted molar refractivity (Wildman–Crippen MR) is 164 cm³/mol. The van der Waals surface area contributed by atoms with Gasteiger partial charge in [0, 0.05) is 34.6 Å². The smallest absolute Gasteiger partial charge is 0.384 e. The molecule has 46 heavy (non-hydrogen) atoms. The van der Waals surface area contributed by atoms with E-state index in [-0.39, 0.29) is 5.41 Å². The van der Waals surface area contributed by atoms with Crippen LogP contribution in [0.5, 0.6) is 0 Å². The van der Waals surface area contributed by atoms with E-state index in [0.717, 1.165) is 29.8 Å². The number of rotatable bonds is 5. The van der Waals surface area contributed by atoms with E-state index in [1.807, 2.05) is 24.3 Å². The summed E-state index contributed by atoms with van der Waals surface area (Å²) in [6.45, 7) is 6.38. The molecular weight excluding hydrogens is 606 g/mol. The third-order valence-corrected chi connectivity index (χ3v) is 7.13. The van der Waals surface area contributed by atoms with Crippen LogP contribution in [-0.4, -0.2) is 21.4 Å². The molecule has 0 bridgehead atoms. The normalized spacial score (nSPS) is 12.6. The summed E-state index contributed by atoms with van der Waals surface area (Å²) in [4.78, 5) is 18.7. The van der Waals surface area contributed by atoms with Gasteiger partial charge in [-0.1, -0.05) is 75.4 Å². The van der Waals surface area contributed by atoms with E-state index in [2.05, 4.69) is 30.7 Å². The lowest BCUT2D eigenvalue weighted by Crippen LogP contribution is -2.11. The number of hydrogen-bond donors (Lipinski definition) is 1. The second kappa shape index (κ2) is 13.7. The van der Waals surface area contributed by atoms with Gasteiger partial charge in [0.1, 0.15) is 6.10 Å². The molecule has 238 valence electrons. The molecule has 0 amide bonds. The SMILES string of the molecule is CC(C)(C)c1ccc([C@H](O)c2ccc(-c3ccc(C(F)(F)F)cc3)nc2)cc1.O=Cc1ccc(-c2ccc(C(F)(F)F)cc2)nc1. The second-order valence-electron chi connectivity index (χ2n) is 11.5. The summed E-state index contributed by atoms with van der Waals surface area (Å²) in [5, 5.41) is 10.6. The monoisotopic (exact) mass is 636 g/mol. The number of carbonyl (C=O) groups is 1. The summed E-state index contributed by atoms with van der Waals surface area (Å²) >= 11 is 0. The van der Waals surface area contributed by atoms with Gasteiger partial charge in [-0.3, -0.25) is 14.8 Å². The number of alkyl halides is 6. The number of aromatic nitrogens is 2. The van der Waals surface area contributed by atoms with E-state index in [1.54, 1.807) is 30.5 Å². The molecule has 0 aliphatic carbocycles. The van der Waals surface area contributed by atoms with Gasteiger partial charge in [-0.05, 0) is 59.0 Å². The van der Waals surface area contributed by atoms with Crippen molar-refractivity contribution >= 4 is 6.29 Å². The molecule has 3 aromatic carbocycles. The number of carbonyl (C=O) groups excluding carboxylic acids is 1. The van der Waals surface area contributed by atoms with Gasteiger partial charge in [0.25, 0.3) is 0 Å². The highest BCUT2D eigenvalue weighted by Crippen LogP contribution is 2.32. The van der Waals surface area contributed by atoms with Crippen LogP contribution >= 0.6 is 0 Å². The Morgan fingerprint density at radius 1 is 0.565 bits per heavy atom. The number of benzene rings is 3. The molecule has 2 heterocycles. The number of nitrogens with zero attached hydrogens (tertiary/aromatic N) is 2. The average molecular weight is 637 g/mol. The minimum atomic E-state index is -4.36. The molecule has 5 aromatic rings. The number of pyridine rings is 2. The van der Waals surface area contributed by atoms with Gasteiger partial charge in [0.05, 0.1) is 22.5 Å². The van der Waals surface area contributed by atoms with Crippen molar-refractivity contribution < 1.29 is 36.2 Å². The van der Waals surface area contributed by atoms with E-state index < -0.39 is 29.6 Å². The maximum absolute atomic E-state index is 12.7. The van der Waals surface area contributed by atoms with Crippen molar-refractivity contribution in [3.05, 3.63) is 143 Å². The van der Waals surface area contributed by atoms with E-state index in [0.29, 0.717) is 39.9 Å². The lowest BCUT2D eigenvalue weighted by Gasteiger charge is -2.20. The summed E-state index contributed by atoms with van der Waals surface area (Å²) in [5.74, 6) is 0. The van der Waals surface area contributed by atoms with Crippen LogP contribution in [0.4, 0.5) is 26.3 Å². The fraction of sp³-hybridized carbons (Fsp3) is 0.194. The van der Waals surface area contributed by atoms with Crippen molar-refractivity contribution in [2.75, 3.05) is 0 Å². The average Bonchev–Trinajstić information content (AvgIpc) is 3.04. The van der Waals surface area contributed by atoms with Crippen molar-refractivity contribution in [1.82, 2.24) is 9.97 Å². The Morgan fingerprint density at radius 3 is 1.33 bits per heavy atom. The van der Waals surface area contributed by atoms with E-state index in [9.17, 15) is 36.2 Å². The van der Waals surface area contributed by atoms with E-state index >= 15 is 0 Å². The van der Waals surface area contributed by atoms with Crippen LogP contribution in [0, 0.1) is 0 Å². The summed E-state index contributed by atoms with van der Waals surface area (Å²) in [7, 11) is 0. The Kier molecular flexibility index (Phi) is 10.1. The molecule has 0 aliphatic rings. The predicted octanol–water partition coefficient (Wildman–Crippen LogP) is 9.73. The highest BCUT2D eigenvalue weighted by Gasteiger charge is 2.30. The van der Waals surface area contributed by atoms with Gasteiger partial charge in [0.2, 0.25) is 0 Å². The van der Waals surface area contributed by atoms with Crippen molar-refractivity contribution in [2.24, 2.45) is 0 Å². The summed E-state index contributed by atoms with van der Waals surface area (Å²) in [5.41, 5.74) is 3.86. The third kappa shape index (κ3) is 8.66. The van der Waals surface area contributed by atoms with Gasteiger partial charge < -0.3 is 5.11 Å². The van der Waals surface area contributed by atoms with Gasteiger partial charge in [0.15, 0.2) is 6.29 Å². The van der Waals surface area contributed by atoms with Crippen LogP contribution in [0.15, 0.2) is 109 Å². The molecule has 0 aliphatic heterocycles. The van der Waals surface area contributed by atoms with Crippen molar-refractivity contribution in [2.45, 2.75) is 44.6 Å². The van der Waals surface area contributed by atoms with Crippen molar-refractivity contribution in [3.8, 4) is 22.5 Å². The highest BCUT2D eigenvalue weighted by atomic mass is 19.4. The first kappa shape index (κ1) is 34.1. The molecule has 4 nitrogen and oxygen atoms in total.